The molecule has 0 amide bonds. The van der Waals surface area contributed by atoms with Crippen molar-refractivity contribution in [3.8, 4) is 6.07 Å². The number of ketones is 1. The van der Waals surface area contributed by atoms with Gasteiger partial charge >= 0.3 is 5.97 Å². The van der Waals surface area contributed by atoms with Crippen LogP contribution in [-0.4, -0.2) is 18.4 Å². The zero-order valence-corrected chi connectivity index (χ0v) is 9.60. The summed E-state index contributed by atoms with van der Waals surface area (Å²) in [6, 6.07) is 8.39. The van der Waals surface area contributed by atoms with Crippen molar-refractivity contribution in [2.45, 2.75) is 19.8 Å². The second-order valence-corrected chi connectivity index (χ2v) is 3.42. The third-order valence-electron chi connectivity index (χ3n) is 2.18. The number of benzene rings is 1. The van der Waals surface area contributed by atoms with Crippen LogP contribution in [0.15, 0.2) is 24.3 Å². The van der Waals surface area contributed by atoms with Gasteiger partial charge in [0.25, 0.3) is 0 Å². The standard InChI is InChI=1S/C13H13NO3/c1-2-17-13(16)7-6-12(15)11-5-3-4-10(8-11)9-14/h3-5,8H,2,6-7H2,1H3. The van der Waals surface area contributed by atoms with Gasteiger partial charge in [-0.15, -0.1) is 0 Å². The first-order valence-electron chi connectivity index (χ1n) is 5.36. The van der Waals surface area contributed by atoms with E-state index in [1.807, 2.05) is 6.07 Å². The number of rotatable bonds is 5. The zero-order chi connectivity index (χ0) is 12.7. The maximum absolute atomic E-state index is 11.7. The van der Waals surface area contributed by atoms with E-state index in [0.717, 1.165) is 0 Å². The van der Waals surface area contributed by atoms with Gasteiger partial charge in [-0.3, -0.25) is 9.59 Å². The predicted molar refractivity (Wildman–Crippen MR) is 61.4 cm³/mol. The van der Waals surface area contributed by atoms with Crippen molar-refractivity contribution in [2.75, 3.05) is 6.61 Å². The number of hydrogen-bond acceptors (Lipinski definition) is 4. The number of esters is 1. The Morgan fingerprint density at radius 1 is 1.35 bits per heavy atom. The SMILES string of the molecule is CCOC(=O)CCC(=O)c1cccc(C#N)c1. The third-order valence-corrected chi connectivity index (χ3v) is 2.18. The Morgan fingerprint density at radius 2 is 2.12 bits per heavy atom. The highest BCUT2D eigenvalue weighted by Crippen LogP contribution is 2.08. The van der Waals surface area contributed by atoms with Gasteiger partial charge in [0.05, 0.1) is 24.7 Å². The van der Waals surface area contributed by atoms with Gasteiger partial charge < -0.3 is 4.74 Å². The van der Waals surface area contributed by atoms with Crippen LogP contribution < -0.4 is 0 Å². The highest BCUT2D eigenvalue weighted by Gasteiger charge is 2.10. The van der Waals surface area contributed by atoms with E-state index in [1.165, 1.54) is 6.07 Å². The molecule has 0 N–H and O–H groups in total. The van der Waals surface area contributed by atoms with E-state index in [0.29, 0.717) is 17.7 Å². The number of Topliss-reactive ketones (excluding diaryl/α,β-unsaturated/α-hetero) is 1. The quantitative estimate of drug-likeness (QED) is 0.574. The molecule has 17 heavy (non-hydrogen) atoms. The second-order valence-electron chi connectivity index (χ2n) is 3.42. The molecule has 0 unspecified atom stereocenters. The molecular weight excluding hydrogens is 218 g/mol. The first-order chi connectivity index (χ1) is 8.17. The Hall–Kier alpha value is -2.15. The molecule has 0 heterocycles. The monoisotopic (exact) mass is 231 g/mol. The van der Waals surface area contributed by atoms with Crippen LogP contribution in [0.4, 0.5) is 0 Å². The van der Waals surface area contributed by atoms with Crippen LogP contribution in [-0.2, 0) is 9.53 Å². The van der Waals surface area contributed by atoms with Crippen molar-refractivity contribution in [3.63, 3.8) is 0 Å². The maximum Gasteiger partial charge on any atom is 0.306 e. The van der Waals surface area contributed by atoms with E-state index < -0.39 is 0 Å². The Bertz CT molecular complexity index is 460. The molecule has 0 aromatic heterocycles. The van der Waals surface area contributed by atoms with Crippen LogP contribution in [0.2, 0.25) is 0 Å². The van der Waals surface area contributed by atoms with E-state index in [9.17, 15) is 9.59 Å². The van der Waals surface area contributed by atoms with Crippen molar-refractivity contribution in [3.05, 3.63) is 35.4 Å². The van der Waals surface area contributed by atoms with E-state index in [-0.39, 0.29) is 24.6 Å². The molecule has 0 saturated heterocycles. The average molecular weight is 231 g/mol. The normalized spacial score (nSPS) is 9.41. The van der Waals surface area contributed by atoms with Gasteiger partial charge in [-0.05, 0) is 19.1 Å². The van der Waals surface area contributed by atoms with Crippen molar-refractivity contribution in [2.24, 2.45) is 0 Å². The van der Waals surface area contributed by atoms with Crippen LogP contribution in [0, 0.1) is 11.3 Å². The van der Waals surface area contributed by atoms with Crippen molar-refractivity contribution >= 4 is 11.8 Å². The molecule has 0 aliphatic heterocycles. The molecule has 0 aliphatic rings. The summed E-state index contributed by atoms with van der Waals surface area (Å²) in [6.45, 7) is 2.03. The summed E-state index contributed by atoms with van der Waals surface area (Å²) in [5.74, 6) is -0.535. The van der Waals surface area contributed by atoms with Gasteiger partial charge in [0.15, 0.2) is 5.78 Å². The van der Waals surface area contributed by atoms with Crippen molar-refractivity contribution in [1.29, 1.82) is 5.26 Å². The number of nitriles is 1. The lowest BCUT2D eigenvalue weighted by Crippen LogP contribution is -2.08. The smallest absolute Gasteiger partial charge is 0.306 e. The molecule has 1 aromatic rings. The number of ether oxygens (including phenoxy) is 1. The van der Waals surface area contributed by atoms with Crippen LogP contribution in [0.3, 0.4) is 0 Å². The van der Waals surface area contributed by atoms with Crippen LogP contribution in [0.1, 0.15) is 35.7 Å². The van der Waals surface area contributed by atoms with Crippen molar-refractivity contribution < 1.29 is 14.3 Å². The van der Waals surface area contributed by atoms with E-state index >= 15 is 0 Å². The molecule has 0 bridgehead atoms. The Kier molecular flexibility index (Phi) is 4.89. The third kappa shape index (κ3) is 4.07. The fourth-order valence-electron chi connectivity index (χ4n) is 1.36. The van der Waals surface area contributed by atoms with Crippen molar-refractivity contribution in [1.82, 2.24) is 0 Å². The lowest BCUT2D eigenvalue weighted by atomic mass is 10.0. The Labute approximate surface area is 99.8 Å². The maximum atomic E-state index is 11.7. The minimum absolute atomic E-state index is 0.0729. The van der Waals surface area contributed by atoms with Gasteiger partial charge in [0, 0.05) is 12.0 Å². The Balaban J connectivity index is 2.58. The highest BCUT2D eigenvalue weighted by molar-refractivity contribution is 5.97. The molecule has 0 aliphatic carbocycles. The predicted octanol–water partition coefficient (Wildman–Crippen LogP) is 2.08. The van der Waals surface area contributed by atoms with Gasteiger partial charge in [0.2, 0.25) is 0 Å². The molecule has 4 heteroatoms. The molecule has 1 aromatic carbocycles. The topological polar surface area (TPSA) is 67.2 Å². The number of hydrogen-bond donors (Lipinski definition) is 0. The summed E-state index contributed by atoms with van der Waals surface area (Å²) in [6.07, 6.45) is 0.178. The lowest BCUT2D eigenvalue weighted by Gasteiger charge is -2.02. The molecule has 0 spiro atoms. The summed E-state index contributed by atoms with van der Waals surface area (Å²) >= 11 is 0. The summed E-state index contributed by atoms with van der Waals surface area (Å²) < 4.78 is 4.73. The fourth-order valence-corrected chi connectivity index (χ4v) is 1.36. The second kappa shape index (κ2) is 6.44. The van der Waals surface area contributed by atoms with E-state index in [4.69, 9.17) is 10.00 Å². The first kappa shape index (κ1) is 12.9. The number of carbonyl (C=O) groups is 2. The van der Waals surface area contributed by atoms with E-state index in [1.54, 1.807) is 25.1 Å². The van der Waals surface area contributed by atoms with Crippen LogP contribution in [0.25, 0.3) is 0 Å². The molecule has 1 rings (SSSR count). The molecule has 0 atom stereocenters. The first-order valence-corrected chi connectivity index (χ1v) is 5.36. The van der Waals surface area contributed by atoms with Gasteiger partial charge in [-0.2, -0.15) is 5.26 Å². The van der Waals surface area contributed by atoms with Crippen LogP contribution >= 0.6 is 0 Å². The molecule has 4 nitrogen and oxygen atoms in total. The molecule has 0 radical (unpaired) electrons. The minimum atomic E-state index is -0.378. The lowest BCUT2D eigenvalue weighted by molar-refractivity contribution is -0.143. The zero-order valence-electron chi connectivity index (χ0n) is 9.60. The summed E-state index contributed by atoms with van der Waals surface area (Å²) in [7, 11) is 0. The molecular formula is C13H13NO3. The molecule has 88 valence electrons. The summed E-state index contributed by atoms with van der Waals surface area (Å²) in [5.41, 5.74) is 0.889. The minimum Gasteiger partial charge on any atom is -0.466 e. The Morgan fingerprint density at radius 3 is 2.76 bits per heavy atom. The summed E-state index contributed by atoms with van der Waals surface area (Å²) in [4.78, 5) is 22.8. The molecule has 0 saturated carbocycles. The van der Waals surface area contributed by atoms with Gasteiger partial charge in [0.1, 0.15) is 0 Å². The van der Waals surface area contributed by atoms with Gasteiger partial charge in [-0.1, -0.05) is 12.1 Å². The highest BCUT2D eigenvalue weighted by atomic mass is 16.5. The number of carbonyl (C=O) groups excluding carboxylic acids is 2. The number of nitrogens with zero attached hydrogens (tertiary/aromatic N) is 1. The largest absolute Gasteiger partial charge is 0.466 e. The average Bonchev–Trinajstić information content (AvgIpc) is 2.36. The van der Waals surface area contributed by atoms with Gasteiger partial charge in [-0.25, -0.2) is 0 Å². The van der Waals surface area contributed by atoms with Crippen LogP contribution in [0.5, 0.6) is 0 Å². The van der Waals surface area contributed by atoms with E-state index in [2.05, 4.69) is 0 Å². The summed E-state index contributed by atoms with van der Waals surface area (Å²) in [5, 5.41) is 8.70. The fraction of sp³-hybridized carbons (Fsp3) is 0.308. The molecule has 0 fully saturated rings.